The van der Waals surface area contributed by atoms with Gasteiger partial charge in [-0.2, -0.15) is 0 Å². The van der Waals surface area contributed by atoms with Gasteiger partial charge in [0.25, 0.3) is 0 Å². The molecular weight excluding hydrogens is 244 g/mol. The summed E-state index contributed by atoms with van der Waals surface area (Å²) < 4.78 is 0. The van der Waals surface area contributed by atoms with Gasteiger partial charge in [-0.3, -0.25) is 0 Å². The molecule has 1 aliphatic carbocycles. The molecule has 0 unspecified atom stereocenters. The van der Waals surface area contributed by atoms with E-state index >= 15 is 0 Å². The molecule has 1 aromatic carbocycles. The molecule has 112 valence electrons. The average molecular weight is 274 g/mol. The van der Waals surface area contributed by atoms with Crippen LogP contribution in [0.1, 0.15) is 45.1 Å². The summed E-state index contributed by atoms with van der Waals surface area (Å²) in [6, 6.07) is 9.05. The van der Waals surface area contributed by atoms with Crippen molar-refractivity contribution in [3.63, 3.8) is 0 Å². The van der Waals surface area contributed by atoms with Crippen LogP contribution in [0.4, 0.5) is 5.69 Å². The SMILES string of the molecule is CC(C)CNCc1ccc(N(C)CC2CCCC2)cc1. The summed E-state index contributed by atoms with van der Waals surface area (Å²) in [6.07, 6.45) is 5.70. The molecule has 0 saturated heterocycles. The lowest BCUT2D eigenvalue weighted by molar-refractivity contribution is 0.546. The third-order valence-corrected chi connectivity index (χ3v) is 4.27. The summed E-state index contributed by atoms with van der Waals surface area (Å²) >= 11 is 0. The van der Waals surface area contributed by atoms with Gasteiger partial charge < -0.3 is 10.2 Å². The number of nitrogens with one attached hydrogen (secondary N) is 1. The first-order valence-corrected chi connectivity index (χ1v) is 8.16. The highest BCUT2D eigenvalue weighted by Gasteiger charge is 2.16. The Morgan fingerprint density at radius 1 is 1.15 bits per heavy atom. The van der Waals surface area contributed by atoms with Crippen molar-refractivity contribution in [3.05, 3.63) is 29.8 Å². The average Bonchev–Trinajstić information content (AvgIpc) is 2.92. The van der Waals surface area contributed by atoms with E-state index in [0.717, 1.165) is 19.0 Å². The molecule has 0 aliphatic heterocycles. The van der Waals surface area contributed by atoms with Crippen molar-refractivity contribution in [3.8, 4) is 0 Å². The number of anilines is 1. The van der Waals surface area contributed by atoms with Gasteiger partial charge in [0, 0.05) is 25.8 Å². The van der Waals surface area contributed by atoms with E-state index in [4.69, 9.17) is 0 Å². The lowest BCUT2D eigenvalue weighted by Gasteiger charge is -2.23. The van der Waals surface area contributed by atoms with Crippen LogP contribution in [0.2, 0.25) is 0 Å². The molecule has 2 rings (SSSR count). The molecule has 0 radical (unpaired) electrons. The Kier molecular flexibility index (Phi) is 5.90. The molecule has 20 heavy (non-hydrogen) atoms. The van der Waals surface area contributed by atoms with Crippen molar-refractivity contribution < 1.29 is 0 Å². The molecule has 0 atom stereocenters. The molecule has 1 N–H and O–H groups in total. The minimum atomic E-state index is 0.715. The number of nitrogens with zero attached hydrogens (tertiary/aromatic N) is 1. The molecule has 0 amide bonds. The van der Waals surface area contributed by atoms with E-state index < -0.39 is 0 Å². The third kappa shape index (κ3) is 4.82. The van der Waals surface area contributed by atoms with Crippen LogP contribution in [-0.2, 0) is 6.54 Å². The Bertz CT molecular complexity index is 377. The van der Waals surface area contributed by atoms with Crippen LogP contribution in [0.25, 0.3) is 0 Å². The minimum absolute atomic E-state index is 0.715. The molecule has 1 aliphatic rings. The van der Waals surface area contributed by atoms with Crippen LogP contribution in [0.3, 0.4) is 0 Å². The van der Waals surface area contributed by atoms with Gasteiger partial charge in [-0.05, 0) is 48.9 Å². The van der Waals surface area contributed by atoms with E-state index in [-0.39, 0.29) is 0 Å². The number of rotatable bonds is 7. The standard InChI is InChI=1S/C18H30N2/c1-15(2)12-19-13-16-8-10-18(11-9-16)20(3)14-17-6-4-5-7-17/h8-11,15,17,19H,4-7,12-14H2,1-3H3. The summed E-state index contributed by atoms with van der Waals surface area (Å²) in [5.41, 5.74) is 2.73. The fraction of sp³-hybridized carbons (Fsp3) is 0.667. The monoisotopic (exact) mass is 274 g/mol. The normalized spacial score (nSPS) is 16.0. The van der Waals surface area contributed by atoms with Crippen LogP contribution in [0.15, 0.2) is 24.3 Å². The van der Waals surface area contributed by atoms with E-state index in [1.807, 2.05) is 0 Å². The molecule has 1 fully saturated rings. The lowest BCUT2D eigenvalue weighted by Crippen LogP contribution is -2.24. The van der Waals surface area contributed by atoms with Crippen molar-refractivity contribution in [2.75, 3.05) is 25.0 Å². The fourth-order valence-electron chi connectivity index (χ4n) is 3.06. The van der Waals surface area contributed by atoms with Gasteiger partial charge >= 0.3 is 0 Å². The van der Waals surface area contributed by atoms with Crippen molar-refractivity contribution in [1.82, 2.24) is 5.32 Å². The van der Waals surface area contributed by atoms with Gasteiger partial charge in [0.2, 0.25) is 0 Å². The number of hydrogen-bond acceptors (Lipinski definition) is 2. The van der Waals surface area contributed by atoms with Crippen LogP contribution in [0, 0.1) is 11.8 Å². The van der Waals surface area contributed by atoms with Gasteiger partial charge in [0.15, 0.2) is 0 Å². The predicted molar refractivity (Wildman–Crippen MR) is 88.2 cm³/mol. The highest BCUT2D eigenvalue weighted by molar-refractivity contribution is 5.46. The molecule has 0 spiro atoms. The number of benzene rings is 1. The second-order valence-corrected chi connectivity index (χ2v) is 6.72. The van der Waals surface area contributed by atoms with E-state index in [2.05, 4.69) is 55.4 Å². The van der Waals surface area contributed by atoms with Gasteiger partial charge in [-0.25, -0.2) is 0 Å². The van der Waals surface area contributed by atoms with Crippen LogP contribution in [0.5, 0.6) is 0 Å². The van der Waals surface area contributed by atoms with Crippen LogP contribution >= 0.6 is 0 Å². The van der Waals surface area contributed by atoms with E-state index in [0.29, 0.717) is 5.92 Å². The lowest BCUT2D eigenvalue weighted by atomic mass is 10.1. The molecule has 0 aromatic heterocycles. The first kappa shape index (κ1) is 15.4. The van der Waals surface area contributed by atoms with Gasteiger partial charge in [0.1, 0.15) is 0 Å². The predicted octanol–water partition coefficient (Wildman–Crippen LogP) is 4.06. The van der Waals surface area contributed by atoms with Crippen LogP contribution in [-0.4, -0.2) is 20.1 Å². The summed E-state index contributed by atoms with van der Waals surface area (Å²) in [5.74, 6) is 1.62. The molecule has 1 aromatic rings. The first-order valence-electron chi connectivity index (χ1n) is 8.16. The highest BCUT2D eigenvalue weighted by Crippen LogP contribution is 2.26. The summed E-state index contributed by atoms with van der Waals surface area (Å²) in [6.45, 7) is 7.77. The molecule has 0 bridgehead atoms. The maximum absolute atomic E-state index is 3.49. The molecule has 2 nitrogen and oxygen atoms in total. The van der Waals surface area contributed by atoms with Gasteiger partial charge in [-0.1, -0.05) is 38.8 Å². The zero-order chi connectivity index (χ0) is 14.4. The van der Waals surface area contributed by atoms with E-state index in [1.165, 1.54) is 43.5 Å². The fourth-order valence-corrected chi connectivity index (χ4v) is 3.06. The second-order valence-electron chi connectivity index (χ2n) is 6.72. The van der Waals surface area contributed by atoms with E-state index in [1.54, 1.807) is 0 Å². The van der Waals surface area contributed by atoms with Crippen molar-refractivity contribution in [2.24, 2.45) is 11.8 Å². The first-order chi connectivity index (χ1) is 9.65. The summed E-state index contributed by atoms with van der Waals surface area (Å²) in [5, 5.41) is 3.49. The second kappa shape index (κ2) is 7.68. The van der Waals surface area contributed by atoms with E-state index in [9.17, 15) is 0 Å². The van der Waals surface area contributed by atoms with Crippen molar-refractivity contribution >= 4 is 5.69 Å². The Morgan fingerprint density at radius 2 is 1.80 bits per heavy atom. The zero-order valence-corrected chi connectivity index (χ0v) is 13.4. The van der Waals surface area contributed by atoms with Gasteiger partial charge in [-0.15, -0.1) is 0 Å². The topological polar surface area (TPSA) is 15.3 Å². The summed E-state index contributed by atoms with van der Waals surface area (Å²) in [7, 11) is 2.23. The third-order valence-electron chi connectivity index (χ3n) is 4.27. The van der Waals surface area contributed by atoms with Crippen LogP contribution < -0.4 is 10.2 Å². The number of hydrogen-bond donors (Lipinski definition) is 1. The quantitative estimate of drug-likeness (QED) is 0.806. The van der Waals surface area contributed by atoms with Crippen molar-refractivity contribution in [2.45, 2.75) is 46.1 Å². The minimum Gasteiger partial charge on any atom is -0.374 e. The smallest absolute Gasteiger partial charge is 0.0363 e. The Labute approximate surface area is 124 Å². The molecule has 1 saturated carbocycles. The zero-order valence-electron chi connectivity index (χ0n) is 13.4. The van der Waals surface area contributed by atoms with Gasteiger partial charge in [0.05, 0.1) is 0 Å². The Morgan fingerprint density at radius 3 is 2.40 bits per heavy atom. The maximum atomic E-state index is 3.49. The maximum Gasteiger partial charge on any atom is 0.0363 e. The Hall–Kier alpha value is -1.02. The molecule has 0 heterocycles. The highest BCUT2D eigenvalue weighted by atomic mass is 15.1. The Balaban J connectivity index is 1.80. The molecular formula is C18H30N2. The van der Waals surface area contributed by atoms with Crippen molar-refractivity contribution in [1.29, 1.82) is 0 Å². The molecule has 2 heteroatoms. The largest absolute Gasteiger partial charge is 0.374 e. The summed E-state index contributed by atoms with van der Waals surface area (Å²) in [4.78, 5) is 2.42.